The van der Waals surface area contributed by atoms with Crippen molar-refractivity contribution in [3.05, 3.63) is 23.8 Å². The lowest BCUT2D eigenvalue weighted by molar-refractivity contribution is 0.129. The molecular weight excluding hydrogens is 222 g/mol. The number of hydrogen-bond acceptors (Lipinski definition) is 4. The standard InChI is InChI=1S/C12H17NO2S/c13-10-3-4-12(14)9(6-10)7-16-8-11-2-1-5-15-11/h3-4,6,11,14H,1-2,5,7-8,13H2. The molecule has 3 N–H and O–H groups in total. The Morgan fingerprint density at radius 2 is 2.38 bits per heavy atom. The molecule has 0 aromatic heterocycles. The van der Waals surface area contributed by atoms with Gasteiger partial charge >= 0.3 is 0 Å². The van der Waals surface area contributed by atoms with Gasteiger partial charge in [0, 0.05) is 29.4 Å². The second-order valence-corrected chi connectivity index (χ2v) is 5.07. The first-order valence-electron chi connectivity index (χ1n) is 5.52. The van der Waals surface area contributed by atoms with Crippen LogP contribution in [0.25, 0.3) is 0 Å². The molecule has 16 heavy (non-hydrogen) atoms. The van der Waals surface area contributed by atoms with Gasteiger partial charge < -0.3 is 15.6 Å². The Labute approximate surface area is 100.0 Å². The largest absolute Gasteiger partial charge is 0.508 e. The number of phenolic OH excluding ortho intramolecular Hbond substituents is 1. The second kappa shape index (κ2) is 5.46. The maximum absolute atomic E-state index is 9.63. The van der Waals surface area contributed by atoms with Gasteiger partial charge in [-0.1, -0.05) is 0 Å². The summed E-state index contributed by atoms with van der Waals surface area (Å²) in [6, 6.07) is 5.19. The number of ether oxygens (including phenoxy) is 1. The van der Waals surface area contributed by atoms with Crippen molar-refractivity contribution in [1.82, 2.24) is 0 Å². The van der Waals surface area contributed by atoms with Crippen molar-refractivity contribution in [1.29, 1.82) is 0 Å². The van der Waals surface area contributed by atoms with Crippen molar-refractivity contribution in [2.24, 2.45) is 0 Å². The summed E-state index contributed by atoms with van der Waals surface area (Å²) in [5.74, 6) is 2.11. The van der Waals surface area contributed by atoms with E-state index in [2.05, 4.69) is 0 Å². The normalized spacial score (nSPS) is 20.1. The fourth-order valence-corrected chi connectivity index (χ4v) is 2.89. The molecule has 1 aromatic carbocycles. The summed E-state index contributed by atoms with van der Waals surface area (Å²) in [5, 5.41) is 9.63. The molecule has 0 spiro atoms. The van der Waals surface area contributed by atoms with Gasteiger partial charge in [-0.05, 0) is 31.0 Å². The molecule has 0 amide bonds. The Morgan fingerprint density at radius 3 is 3.12 bits per heavy atom. The van der Waals surface area contributed by atoms with Crippen molar-refractivity contribution in [3.8, 4) is 5.75 Å². The van der Waals surface area contributed by atoms with E-state index in [4.69, 9.17) is 10.5 Å². The molecule has 3 nitrogen and oxygen atoms in total. The number of phenols is 1. The van der Waals surface area contributed by atoms with Crippen LogP contribution in [0.2, 0.25) is 0 Å². The average Bonchev–Trinajstić information content (AvgIpc) is 2.76. The predicted octanol–water partition coefficient (Wildman–Crippen LogP) is 2.39. The van der Waals surface area contributed by atoms with Crippen LogP contribution in [0.5, 0.6) is 5.75 Å². The molecule has 88 valence electrons. The van der Waals surface area contributed by atoms with Gasteiger partial charge in [-0.25, -0.2) is 0 Å². The Bertz CT molecular complexity index is 351. The quantitative estimate of drug-likeness (QED) is 0.625. The summed E-state index contributed by atoms with van der Waals surface area (Å²) in [4.78, 5) is 0. The van der Waals surface area contributed by atoms with Gasteiger partial charge in [-0.2, -0.15) is 11.8 Å². The molecule has 2 rings (SSSR count). The van der Waals surface area contributed by atoms with E-state index in [9.17, 15) is 5.11 Å². The van der Waals surface area contributed by atoms with E-state index in [1.165, 1.54) is 6.42 Å². The zero-order valence-corrected chi connectivity index (χ0v) is 10.0. The van der Waals surface area contributed by atoms with Crippen LogP contribution in [0.1, 0.15) is 18.4 Å². The Balaban J connectivity index is 1.82. The van der Waals surface area contributed by atoms with Crippen LogP contribution < -0.4 is 5.73 Å². The lowest BCUT2D eigenvalue weighted by Crippen LogP contribution is -2.07. The molecule has 0 radical (unpaired) electrons. The van der Waals surface area contributed by atoms with E-state index in [0.717, 1.165) is 30.1 Å². The number of hydrogen-bond donors (Lipinski definition) is 2. The Hall–Kier alpha value is -0.870. The first-order chi connectivity index (χ1) is 7.75. The predicted molar refractivity (Wildman–Crippen MR) is 67.7 cm³/mol. The van der Waals surface area contributed by atoms with Crippen LogP contribution in [0.3, 0.4) is 0 Å². The molecule has 1 heterocycles. The lowest BCUT2D eigenvalue weighted by Gasteiger charge is -2.09. The fraction of sp³-hybridized carbons (Fsp3) is 0.500. The molecular formula is C12H17NO2S. The van der Waals surface area contributed by atoms with Crippen LogP contribution in [0, 0.1) is 0 Å². The topological polar surface area (TPSA) is 55.5 Å². The summed E-state index contributed by atoms with van der Waals surface area (Å²) < 4.78 is 5.54. The highest BCUT2D eigenvalue weighted by Crippen LogP contribution is 2.26. The van der Waals surface area contributed by atoms with Gasteiger partial charge in [-0.3, -0.25) is 0 Å². The molecule has 1 atom stereocenters. The maximum Gasteiger partial charge on any atom is 0.119 e. The molecule has 1 aliphatic rings. The summed E-state index contributed by atoms with van der Waals surface area (Å²) >= 11 is 1.79. The summed E-state index contributed by atoms with van der Waals surface area (Å²) in [6.07, 6.45) is 2.73. The zero-order chi connectivity index (χ0) is 11.4. The molecule has 4 heteroatoms. The number of rotatable bonds is 4. The Morgan fingerprint density at radius 1 is 1.50 bits per heavy atom. The van der Waals surface area contributed by atoms with Crippen LogP contribution >= 0.6 is 11.8 Å². The second-order valence-electron chi connectivity index (χ2n) is 4.04. The summed E-state index contributed by atoms with van der Waals surface area (Å²) in [6.45, 7) is 0.898. The molecule has 1 aliphatic heterocycles. The van der Waals surface area contributed by atoms with E-state index >= 15 is 0 Å². The van der Waals surface area contributed by atoms with Crippen molar-refractivity contribution >= 4 is 17.4 Å². The molecule has 1 unspecified atom stereocenters. The third-order valence-electron chi connectivity index (χ3n) is 2.69. The number of nitrogens with two attached hydrogens (primary N) is 1. The van der Waals surface area contributed by atoms with E-state index in [-0.39, 0.29) is 0 Å². The monoisotopic (exact) mass is 239 g/mol. The first kappa shape index (κ1) is 11.6. The number of aromatic hydroxyl groups is 1. The molecule has 1 saturated heterocycles. The van der Waals surface area contributed by atoms with Crippen molar-refractivity contribution in [3.63, 3.8) is 0 Å². The number of thioether (sulfide) groups is 1. The maximum atomic E-state index is 9.63. The molecule has 0 aliphatic carbocycles. The molecule has 1 aromatic rings. The summed E-state index contributed by atoms with van der Waals surface area (Å²) in [5.41, 5.74) is 7.28. The minimum absolute atomic E-state index is 0.328. The van der Waals surface area contributed by atoms with Crippen LogP contribution in [0.4, 0.5) is 5.69 Å². The van der Waals surface area contributed by atoms with Crippen molar-refractivity contribution in [2.45, 2.75) is 24.7 Å². The third kappa shape index (κ3) is 3.06. The average molecular weight is 239 g/mol. The van der Waals surface area contributed by atoms with Gasteiger partial charge in [0.1, 0.15) is 5.75 Å². The van der Waals surface area contributed by atoms with Crippen LogP contribution in [-0.4, -0.2) is 23.6 Å². The zero-order valence-electron chi connectivity index (χ0n) is 9.19. The Kier molecular flexibility index (Phi) is 3.96. The lowest BCUT2D eigenvalue weighted by atomic mass is 10.2. The minimum Gasteiger partial charge on any atom is -0.508 e. The highest BCUT2D eigenvalue weighted by molar-refractivity contribution is 7.98. The van der Waals surface area contributed by atoms with Crippen LogP contribution in [-0.2, 0) is 10.5 Å². The molecule has 0 saturated carbocycles. The van der Waals surface area contributed by atoms with E-state index in [1.54, 1.807) is 23.9 Å². The van der Waals surface area contributed by atoms with Crippen molar-refractivity contribution in [2.75, 3.05) is 18.1 Å². The number of nitrogen functional groups attached to an aromatic ring is 1. The molecule has 1 fully saturated rings. The van der Waals surface area contributed by atoms with E-state index in [1.807, 2.05) is 6.07 Å². The first-order valence-corrected chi connectivity index (χ1v) is 6.68. The highest BCUT2D eigenvalue weighted by Gasteiger charge is 2.15. The fourth-order valence-electron chi connectivity index (χ4n) is 1.80. The number of anilines is 1. The SMILES string of the molecule is Nc1ccc(O)c(CSCC2CCCO2)c1. The van der Waals surface area contributed by atoms with E-state index in [0.29, 0.717) is 17.5 Å². The number of benzene rings is 1. The highest BCUT2D eigenvalue weighted by atomic mass is 32.2. The summed E-state index contributed by atoms with van der Waals surface area (Å²) in [7, 11) is 0. The van der Waals surface area contributed by atoms with Crippen molar-refractivity contribution < 1.29 is 9.84 Å². The van der Waals surface area contributed by atoms with Gasteiger partial charge in [0.05, 0.1) is 6.10 Å². The van der Waals surface area contributed by atoms with E-state index < -0.39 is 0 Å². The van der Waals surface area contributed by atoms with Gasteiger partial charge in [0.25, 0.3) is 0 Å². The van der Waals surface area contributed by atoms with Crippen LogP contribution in [0.15, 0.2) is 18.2 Å². The van der Waals surface area contributed by atoms with Gasteiger partial charge in [-0.15, -0.1) is 0 Å². The minimum atomic E-state index is 0.328. The van der Waals surface area contributed by atoms with Gasteiger partial charge in [0.15, 0.2) is 0 Å². The molecule has 0 bridgehead atoms. The van der Waals surface area contributed by atoms with Gasteiger partial charge in [0.2, 0.25) is 0 Å². The smallest absolute Gasteiger partial charge is 0.119 e. The third-order valence-corrected chi connectivity index (χ3v) is 3.81.